The summed E-state index contributed by atoms with van der Waals surface area (Å²) in [6.45, 7) is 0.717. The van der Waals surface area contributed by atoms with Crippen molar-refractivity contribution in [2.75, 3.05) is 5.73 Å². The molecule has 0 saturated heterocycles. The van der Waals surface area contributed by atoms with Gasteiger partial charge in [-0.3, -0.25) is 4.79 Å². The summed E-state index contributed by atoms with van der Waals surface area (Å²) in [5.74, 6) is -0.471. The van der Waals surface area contributed by atoms with Gasteiger partial charge in [0.2, 0.25) is 0 Å². The molecule has 4 aromatic rings. The summed E-state index contributed by atoms with van der Waals surface area (Å²) in [5.41, 5.74) is 17.5. The smallest absolute Gasteiger partial charge is 0.307 e. The zero-order valence-electron chi connectivity index (χ0n) is 16.3. The Morgan fingerprint density at radius 3 is 2.63 bits per heavy atom. The van der Waals surface area contributed by atoms with Crippen LogP contribution in [0.1, 0.15) is 16.7 Å². The molecule has 1 aromatic heterocycles. The number of furan rings is 1. The number of nitrogens with two attached hydrogens (primary N) is 2. The van der Waals surface area contributed by atoms with Crippen LogP contribution in [0.4, 0.5) is 5.69 Å². The molecule has 0 fully saturated rings. The fourth-order valence-corrected chi connectivity index (χ4v) is 3.42. The molecule has 0 saturated carbocycles. The zero-order valence-corrected chi connectivity index (χ0v) is 16.3. The quantitative estimate of drug-likeness (QED) is 0.396. The number of fused-ring (bicyclic) bond motifs is 1. The molecule has 0 aliphatic rings. The average Bonchev–Trinajstić information content (AvgIpc) is 3.16. The van der Waals surface area contributed by atoms with Crippen LogP contribution < -0.4 is 16.2 Å². The number of rotatable bonds is 7. The second kappa shape index (κ2) is 8.31. The first-order chi connectivity index (χ1) is 14.5. The molecule has 0 aliphatic heterocycles. The Bertz CT molecular complexity index is 1210. The number of hydrogen-bond donors (Lipinski definition) is 3. The summed E-state index contributed by atoms with van der Waals surface area (Å²) in [4.78, 5) is 11.1. The fourth-order valence-electron chi connectivity index (χ4n) is 3.42. The van der Waals surface area contributed by atoms with Crippen molar-refractivity contribution >= 4 is 22.6 Å². The molecule has 6 heteroatoms. The molecule has 0 unspecified atom stereocenters. The largest absolute Gasteiger partial charge is 0.488 e. The van der Waals surface area contributed by atoms with Crippen molar-refractivity contribution in [2.24, 2.45) is 5.73 Å². The Kier molecular flexibility index (Phi) is 5.41. The van der Waals surface area contributed by atoms with E-state index in [0.717, 1.165) is 33.2 Å². The van der Waals surface area contributed by atoms with E-state index in [-0.39, 0.29) is 13.0 Å². The SMILES string of the molecule is NCc1cccc(-c2ccc3occ(COc4cc(N)ccc4CC(=O)O)c3c2)c1. The van der Waals surface area contributed by atoms with Crippen molar-refractivity contribution < 1.29 is 19.1 Å². The topological polar surface area (TPSA) is 112 Å². The van der Waals surface area contributed by atoms with Crippen LogP contribution in [-0.2, 0) is 24.4 Å². The van der Waals surface area contributed by atoms with Crippen molar-refractivity contribution in [3.05, 3.63) is 83.6 Å². The van der Waals surface area contributed by atoms with Gasteiger partial charge in [0.25, 0.3) is 0 Å². The first kappa shape index (κ1) is 19.5. The van der Waals surface area contributed by atoms with E-state index in [4.69, 9.17) is 25.7 Å². The highest BCUT2D eigenvalue weighted by Crippen LogP contribution is 2.30. The molecule has 3 aromatic carbocycles. The van der Waals surface area contributed by atoms with Gasteiger partial charge in [-0.1, -0.05) is 30.3 Å². The van der Waals surface area contributed by atoms with Crippen LogP contribution in [0, 0.1) is 0 Å². The second-order valence-corrected chi connectivity index (χ2v) is 7.10. The molecule has 4 rings (SSSR count). The number of carboxylic acid groups (broad SMARTS) is 1. The van der Waals surface area contributed by atoms with Gasteiger partial charge in [0, 0.05) is 34.8 Å². The lowest BCUT2D eigenvalue weighted by atomic mass is 10.0. The third kappa shape index (κ3) is 4.14. The monoisotopic (exact) mass is 402 g/mol. The minimum Gasteiger partial charge on any atom is -0.488 e. The number of carbonyl (C=O) groups is 1. The Morgan fingerprint density at radius 1 is 1.00 bits per heavy atom. The number of carboxylic acids is 1. The zero-order chi connectivity index (χ0) is 21.1. The Hall–Kier alpha value is -3.77. The summed E-state index contributed by atoms with van der Waals surface area (Å²) in [5, 5.41) is 10.1. The van der Waals surface area contributed by atoms with E-state index >= 15 is 0 Å². The first-order valence-electron chi connectivity index (χ1n) is 9.56. The molecule has 0 bridgehead atoms. The first-order valence-corrected chi connectivity index (χ1v) is 9.56. The highest BCUT2D eigenvalue weighted by molar-refractivity contribution is 5.86. The maximum atomic E-state index is 11.1. The van der Waals surface area contributed by atoms with Crippen LogP contribution in [0.5, 0.6) is 5.75 Å². The maximum Gasteiger partial charge on any atom is 0.307 e. The Labute approximate surface area is 173 Å². The standard InChI is InChI=1S/C24H22N2O4/c25-12-15-2-1-3-16(8-15)17-5-7-22-21(9-17)19(13-29-22)14-30-23-11-20(26)6-4-18(23)10-24(27)28/h1-9,11,13H,10,12,14,25-26H2,(H,27,28). The minimum atomic E-state index is -0.928. The molecule has 0 amide bonds. The second-order valence-electron chi connectivity index (χ2n) is 7.10. The van der Waals surface area contributed by atoms with Gasteiger partial charge in [0.15, 0.2) is 0 Å². The lowest BCUT2D eigenvalue weighted by molar-refractivity contribution is -0.136. The van der Waals surface area contributed by atoms with Gasteiger partial charge < -0.3 is 25.7 Å². The van der Waals surface area contributed by atoms with E-state index < -0.39 is 5.97 Å². The Morgan fingerprint density at radius 2 is 1.83 bits per heavy atom. The van der Waals surface area contributed by atoms with Crippen molar-refractivity contribution in [3.63, 3.8) is 0 Å². The molecule has 0 spiro atoms. The van der Waals surface area contributed by atoms with Crippen LogP contribution >= 0.6 is 0 Å². The summed E-state index contributed by atoms with van der Waals surface area (Å²) in [6.07, 6.45) is 1.53. The molecule has 6 nitrogen and oxygen atoms in total. The predicted octanol–water partition coefficient (Wildman–Crippen LogP) is 4.35. The molecule has 5 N–H and O–H groups in total. The normalized spacial score (nSPS) is 11.0. The summed E-state index contributed by atoms with van der Waals surface area (Å²) in [6, 6.07) is 19.1. The summed E-state index contributed by atoms with van der Waals surface area (Å²) in [7, 11) is 0. The van der Waals surface area contributed by atoms with Gasteiger partial charge in [-0.05, 0) is 41.0 Å². The molecule has 0 atom stereocenters. The van der Waals surface area contributed by atoms with Crippen molar-refractivity contribution in [1.82, 2.24) is 0 Å². The maximum absolute atomic E-state index is 11.1. The van der Waals surface area contributed by atoms with E-state index in [9.17, 15) is 4.79 Å². The fraction of sp³-hybridized carbons (Fsp3) is 0.125. The van der Waals surface area contributed by atoms with E-state index in [1.54, 1.807) is 24.5 Å². The van der Waals surface area contributed by atoms with Gasteiger partial charge in [0.05, 0.1) is 12.7 Å². The predicted molar refractivity (Wildman–Crippen MR) is 116 cm³/mol. The molecular formula is C24H22N2O4. The summed E-state index contributed by atoms with van der Waals surface area (Å²) >= 11 is 0. The molecule has 0 radical (unpaired) electrons. The van der Waals surface area contributed by atoms with E-state index in [2.05, 4.69) is 12.1 Å². The van der Waals surface area contributed by atoms with E-state index in [0.29, 0.717) is 23.5 Å². The average molecular weight is 402 g/mol. The van der Waals surface area contributed by atoms with Crippen molar-refractivity contribution in [1.29, 1.82) is 0 Å². The third-order valence-electron chi connectivity index (χ3n) is 4.97. The van der Waals surface area contributed by atoms with Gasteiger partial charge >= 0.3 is 5.97 Å². The third-order valence-corrected chi connectivity index (χ3v) is 4.97. The van der Waals surface area contributed by atoms with Crippen LogP contribution in [-0.4, -0.2) is 11.1 Å². The Balaban J connectivity index is 1.63. The lowest BCUT2D eigenvalue weighted by Gasteiger charge is -2.11. The van der Waals surface area contributed by atoms with Gasteiger partial charge in [-0.25, -0.2) is 0 Å². The van der Waals surface area contributed by atoms with E-state index in [1.165, 1.54) is 0 Å². The van der Waals surface area contributed by atoms with Crippen LogP contribution in [0.3, 0.4) is 0 Å². The number of benzene rings is 3. The van der Waals surface area contributed by atoms with Gasteiger partial charge in [-0.2, -0.15) is 0 Å². The number of ether oxygens (including phenoxy) is 1. The number of hydrogen-bond acceptors (Lipinski definition) is 5. The van der Waals surface area contributed by atoms with Crippen LogP contribution in [0.25, 0.3) is 22.1 Å². The highest BCUT2D eigenvalue weighted by atomic mass is 16.5. The van der Waals surface area contributed by atoms with Crippen LogP contribution in [0.15, 0.2) is 71.3 Å². The van der Waals surface area contributed by atoms with Crippen molar-refractivity contribution in [2.45, 2.75) is 19.6 Å². The molecular weight excluding hydrogens is 380 g/mol. The van der Waals surface area contributed by atoms with Gasteiger partial charge in [0.1, 0.15) is 17.9 Å². The van der Waals surface area contributed by atoms with E-state index in [1.807, 2.05) is 30.3 Å². The molecule has 1 heterocycles. The van der Waals surface area contributed by atoms with Gasteiger partial charge in [-0.15, -0.1) is 0 Å². The number of nitrogen functional groups attached to an aromatic ring is 1. The minimum absolute atomic E-state index is 0.136. The molecule has 30 heavy (non-hydrogen) atoms. The molecule has 152 valence electrons. The number of aliphatic carboxylic acids is 1. The highest BCUT2D eigenvalue weighted by Gasteiger charge is 2.12. The van der Waals surface area contributed by atoms with Crippen LogP contribution in [0.2, 0.25) is 0 Å². The molecule has 0 aliphatic carbocycles. The summed E-state index contributed by atoms with van der Waals surface area (Å²) < 4.78 is 11.6. The lowest BCUT2D eigenvalue weighted by Crippen LogP contribution is -2.04. The van der Waals surface area contributed by atoms with Crippen molar-refractivity contribution in [3.8, 4) is 16.9 Å². The number of anilines is 1.